The second kappa shape index (κ2) is 19.5. The van der Waals surface area contributed by atoms with Crippen molar-refractivity contribution in [2.24, 2.45) is 0 Å². The van der Waals surface area contributed by atoms with Crippen molar-refractivity contribution in [2.45, 2.75) is 103 Å². The molecule has 0 atom stereocenters. The van der Waals surface area contributed by atoms with Crippen LogP contribution >= 0.6 is 0 Å². The molecular formula is C21H40O4. The SMILES string of the molecule is [2H]C([2H])(O)C([2H])(OC(=O)CCCCCCC/C=C\CCCCCCCC)C([2H])([2H])O. The molecular weight excluding hydrogens is 316 g/mol. The van der Waals surface area contributed by atoms with Gasteiger partial charge in [0.05, 0.1) is 20.0 Å². The summed E-state index contributed by atoms with van der Waals surface area (Å²) in [7, 11) is 0. The van der Waals surface area contributed by atoms with E-state index in [0.29, 0.717) is 6.42 Å². The maximum atomic E-state index is 11.8. The maximum absolute atomic E-state index is 11.8. The molecule has 0 fully saturated rings. The number of carbonyl (C=O) groups is 1. The molecule has 0 bridgehead atoms. The molecule has 0 rings (SSSR count). The Morgan fingerprint density at radius 3 is 1.92 bits per heavy atom. The van der Waals surface area contributed by atoms with Gasteiger partial charge >= 0.3 is 5.97 Å². The normalized spacial score (nSPS) is 16.0. The number of esters is 1. The summed E-state index contributed by atoms with van der Waals surface area (Å²) < 4.78 is 40.3. The Morgan fingerprint density at radius 1 is 0.920 bits per heavy atom. The van der Waals surface area contributed by atoms with Gasteiger partial charge in [0.25, 0.3) is 0 Å². The minimum Gasteiger partial charge on any atom is -0.457 e. The summed E-state index contributed by atoms with van der Waals surface area (Å²) in [6.45, 7) is -4.88. The van der Waals surface area contributed by atoms with Gasteiger partial charge < -0.3 is 14.9 Å². The Hall–Kier alpha value is -0.870. The summed E-state index contributed by atoms with van der Waals surface area (Å²) in [6.07, 6.45) is 15.1. The zero-order valence-corrected chi connectivity index (χ0v) is 15.8. The van der Waals surface area contributed by atoms with Crippen molar-refractivity contribution in [2.75, 3.05) is 13.1 Å². The maximum Gasteiger partial charge on any atom is 0.306 e. The third-order valence-corrected chi connectivity index (χ3v) is 4.06. The third-order valence-electron chi connectivity index (χ3n) is 4.06. The van der Waals surface area contributed by atoms with Gasteiger partial charge in [0, 0.05) is 6.42 Å². The summed E-state index contributed by atoms with van der Waals surface area (Å²) in [5, 5.41) is 18.6. The van der Waals surface area contributed by atoms with Gasteiger partial charge in [-0.15, -0.1) is 0 Å². The molecule has 0 amide bonds. The molecule has 0 aromatic heterocycles. The molecule has 0 aromatic rings. The lowest BCUT2D eigenvalue weighted by Gasteiger charge is -2.12. The highest BCUT2D eigenvalue weighted by Crippen LogP contribution is 2.10. The van der Waals surface area contributed by atoms with E-state index in [4.69, 9.17) is 6.85 Å². The van der Waals surface area contributed by atoms with Crippen LogP contribution in [0.1, 0.15) is 104 Å². The summed E-state index contributed by atoms with van der Waals surface area (Å²) in [6, 6.07) is 0. The van der Waals surface area contributed by atoms with E-state index in [1.807, 2.05) is 0 Å². The number of ether oxygens (including phenoxy) is 1. The standard InChI is InChI=1S/C21H40O4/c1-2-3-4-5-6-7-8-9-10-11-12-13-14-15-16-17-21(24)25-20(18-22)19-23/h9-10,20,22-23H,2-8,11-19H2,1H3/b10-9-/i18D2,19D2,20D. The van der Waals surface area contributed by atoms with Crippen LogP contribution in [-0.2, 0) is 9.53 Å². The summed E-state index contributed by atoms with van der Waals surface area (Å²) in [5.41, 5.74) is 0. The molecule has 0 aliphatic rings. The molecule has 2 N–H and O–H groups in total. The van der Waals surface area contributed by atoms with Crippen LogP contribution in [0.15, 0.2) is 12.2 Å². The van der Waals surface area contributed by atoms with E-state index < -0.39 is 25.2 Å². The number of aliphatic hydroxyl groups is 2. The first kappa shape index (κ1) is 16.3. The summed E-state index contributed by atoms with van der Waals surface area (Å²) >= 11 is 0. The highest BCUT2D eigenvalue weighted by Gasteiger charge is 2.11. The fraction of sp³-hybridized carbons (Fsp3) is 0.857. The molecule has 0 radical (unpaired) electrons. The Morgan fingerprint density at radius 2 is 1.40 bits per heavy atom. The van der Waals surface area contributed by atoms with Gasteiger partial charge in [-0.25, -0.2) is 0 Å². The largest absolute Gasteiger partial charge is 0.457 e. The molecule has 0 aromatic carbocycles. The van der Waals surface area contributed by atoms with Crippen molar-refractivity contribution in [3.63, 3.8) is 0 Å². The first-order chi connectivity index (χ1) is 14.0. The lowest BCUT2D eigenvalue weighted by molar-refractivity contribution is -0.153. The lowest BCUT2D eigenvalue weighted by atomic mass is 10.1. The zero-order chi connectivity index (χ0) is 23.1. The van der Waals surface area contributed by atoms with Gasteiger partial charge in [0.15, 0.2) is 0 Å². The van der Waals surface area contributed by atoms with Crippen LogP contribution < -0.4 is 0 Å². The molecule has 0 saturated carbocycles. The Balaban J connectivity index is 3.80. The molecule has 0 aliphatic heterocycles. The second-order valence-electron chi connectivity index (χ2n) is 6.36. The highest BCUT2D eigenvalue weighted by atomic mass is 16.6. The molecule has 0 spiro atoms. The number of carbonyl (C=O) groups excluding carboxylic acids is 1. The predicted octanol–water partition coefficient (Wildman–Crippen LogP) is 4.92. The van der Waals surface area contributed by atoms with E-state index in [2.05, 4.69) is 23.8 Å². The molecule has 0 heterocycles. The van der Waals surface area contributed by atoms with Gasteiger partial charge in [-0.1, -0.05) is 70.4 Å². The van der Waals surface area contributed by atoms with Crippen LogP contribution in [0.2, 0.25) is 0 Å². The van der Waals surface area contributed by atoms with Crippen molar-refractivity contribution >= 4 is 5.97 Å². The van der Waals surface area contributed by atoms with E-state index in [0.717, 1.165) is 38.5 Å². The molecule has 25 heavy (non-hydrogen) atoms. The van der Waals surface area contributed by atoms with Gasteiger partial charge in [-0.3, -0.25) is 4.79 Å². The topological polar surface area (TPSA) is 66.8 Å². The number of hydrogen-bond acceptors (Lipinski definition) is 4. The Kier molecular flexibility index (Phi) is 12.7. The zero-order valence-electron chi connectivity index (χ0n) is 20.8. The number of unbranched alkanes of at least 4 members (excludes halogenated alkanes) is 11. The summed E-state index contributed by atoms with van der Waals surface area (Å²) in [5.74, 6) is -1.03. The monoisotopic (exact) mass is 361 g/mol. The molecule has 0 aliphatic carbocycles. The average molecular weight is 362 g/mol. The summed E-state index contributed by atoms with van der Waals surface area (Å²) in [4.78, 5) is 11.8. The molecule has 4 nitrogen and oxygen atoms in total. The van der Waals surface area contributed by atoms with Crippen molar-refractivity contribution in [1.82, 2.24) is 0 Å². The van der Waals surface area contributed by atoms with Crippen molar-refractivity contribution in [1.29, 1.82) is 0 Å². The van der Waals surface area contributed by atoms with Gasteiger partial charge in [-0.05, 0) is 32.1 Å². The Labute approximate surface area is 161 Å². The molecule has 148 valence electrons. The van der Waals surface area contributed by atoms with E-state index in [1.165, 1.54) is 38.5 Å². The lowest BCUT2D eigenvalue weighted by Crippen LogP contribution is -2.25. The van der Waals surface area contributed by atoms with Crippen LogP contribution in [0.5, 0.6) is 0 Å². The third kappa shape index (κ3) is 17.7. The minimum atomic E-state index is -3.55. The van der Waals surface area contributed by atoms with Crippen LogP contribution in [0, 0.1) is 0 Å². The number of allylic oxidation sites excluding steroid dienone is 2. The fourth-order valence-electron chi connectivity index (χ4n) is 2.58. The van der Waals surface area contributed by atoms with Crippen LogP contribution in [0.3, 0.4) is 0 Å². The average Bonchev–Trinajstić information content (AvgIpc) is 2.63. The van der Waals surface area contributed by atoms with Gasteiger partial charge in [-0.2, -0.15) is 0 Å². The first-order valence-corrected chi connectivity index (χ1v) is 9.77. The Bertz CT molecular complexity index is 473. The smallest absolute Gasteiger partial charge is 0.306 e. The van der Waals surface area contributed by atoms with E-state index >= 15 is 0 Å². The number of rotatable bonds is 18. The second-order valence-corrected chi connectivity index (χ2v) is 6.36. The van der Waals surface area contributed by atoms with Crippen molar-refractivity contribution in [3.8, 4) is 0 Å². The van der Waals surface area contributed by atoms with Gasteiger partial charge in [0.1, 0.15) is 6.08 Å². The molecule has 0 saturated heterocycles. The first-order valence-electron chi connectivity index (χ1n) is 12.3. The van der Waals surface area contributed by atoms with E-state index in [-0.39, 0.29) is 6.42 Å². The number of hydrogen-bond donors (Lipinski definition) is 2. The molecule has 0 unspecified atom stereocenters. The van der Waals surface area contributed by atoms with Crippen LogP contribution in [-0.4, -0.2) is 35.4 Å². The van der Waals surface area contributed by atoms with Crippen molar-refractivity contribution in [3.05, 3.63) is 12.2 Å². The van der Waals surface area contributed by atoms with Crippen LogP contribution in [0.25, 0.3) is 0 Å². The minimum absolute atomic E-state index is 0.134. The fourth-order valence-corrected chi connectivity index (χ4v) is 2.58. The van der Waals surface area contributed by atoms with E-state index in [9.17, 15) is 15.0 Å². The van der Waals surface area contributed by atoms with E-state index in [1.54, 1.807) is 0 Å². The van der Waals surface area contributed by atoms with Crippen molar-refractivity contribution < 1.29 is 26.6 Å². The predicted molar refractivity (Wildman–Crippen MR) is 104 cm³/mol. The molecule has 4 heteroatoms. The quantitative estimate of drug-likeness (QED) is 0.207. The highest BCUT2D eigenvalue weighted by molar-refractivity contribution is 5.69. The van der Waals surface area contributed by atoms with Crippen LogP contribution in [0.4, 0.5) is 0 Å². The van der Waals surface area contributed by atoms with Gasteiger partial charge in [0.2, 0.25) is 0 Å².